The predicted molar refractivity (Wildman–Crippen MR) is 69.5 cm³/mol. The monoisotopic (exact) mass is 327 g/mol. The first-order valence-corrected chi connectivity index (χ1v) is 6.65. The molecule has 0 atom stereocenters. The quantitative estimate of drug-likeness (QED) is 0.527. The second-order valence-electron chi connectivity index (χ2n) is 3.99. The molecule has 0 spiro atoms. The van der Waals surface area contributed by atoms with Crippen LogP contribution in [0, 0.1) is 0 Å². The zero-order valence-corrected chi connectivity index (χ0v) is 11.2. The summed E-state index contributed by atoms with van der Waals surface area (Å²) in [5.41, 5.74) is 0.394. The van der Waals surface area contributed by atoms with Crippen molar-refractivity contribution in [3.05, 3.63) is 24.3 Å². The summed E-state index contributed by atoms with van der Waals surface area (Å²) in [6, 6.07) is 4.50. The summed E-state index contributed by atoms with van der Waals surface area (Å²) >= 11 is 1.41. The smallest absolute Gasteiger partial charge is 0.426 e. The van der Waals surface area contributed by atoms with Gasteiger partial charge in [-0.3, -0.25) is 10.0 Å². The topological polar surface area (TPSA) is 50.8 Å². The van der Waals surface area contributed by atoms with Gasteiger partial charge in [0.1, 0.15) is 5.75 Å². The number of halogens is 5. The van der Waals surface area contributed by atoms with Crippen LogP contribution in [-0.2, 0) is 0 Å². The average molecular weight is 327 g/mol. The summed E-state index contributed by atoms with van der Waals surface area (Å²) < 4.78 is 65.1. The van der Waals surface area contributed by atoms with Gasteiger partial charge < -0.3 is 4.74 Å². The molecule has 0 saturated heterocycles. The van der Waals surface area contributed by atoms with Gasteiger partial charge in [0.15, 0.2) is 5.17 Å². The molecule has 10 heteroatoms. The number of ether oxygens (including phenoxy) is 1. The largest absolute Gasteiger partial charge is 0.499 e. The Kier molecular flexibility index (Phi) is 4.28. The van der Waals surface area contributed by atoms with Crippen molar-refractivity contribution in [3.8, 4) is 5.75 Å². The van der Waals surface area contributed by atoms with E-state index in [2.05, 4.69) is 9.73 Å². The molecule has 0 aliphatic carbocycles. The standard InChI is InChI=1S/C11H10F5N3OS/c12-10(13,14)11(15,16)20-8-3-1-7(2-4-8)19(17)9-18-5-6-21-9/h1-4H,5-6,17H2. The summed E-state index contributed by atoms with van der Waals surface area (Å²) in [6.45, 7) is 0.618. The summed E-state index contributed by atoms with van der Waals surface area (Å²) in [5, 5.41) is 1.77. The molecule has 0 fully saturated rings. The van der Waals surface area contributed by atoms with E-state index in [-0.39, 0.29) is 0 Å². The van der Waals surface area contributed by atoms with E-state index in [0.717, 1.165) is 17.9 Å². The highest BCUT2D eigenvalue weighted by molar-refractivity contribution is 8.14. The Morgan fingerprint density at radius 3 is 2.24 bits per heavy atom. The van der Waals surface area contributed by atoms with Crippen LogP contribution >= 0.6 is 11.8 Å². The molecule has 1 aliphatic heterocycles. The van der Waals surface area contributed by atoms with Crippen molar-refractivity contribution in [2.75, 3.05) is 17.3 Å². The van der Waals surface area contributed by atoms with Crippen molar-refractivity contribution in [1.29, 1.82) is 0 Å². The lowest BCUT2D eigenvalue weighted by Gasteiger charge is -2.21. The molecule has 4 nitrogen and oxygen atoms in total. The van der Waals surface area contributed by atoms with Crippen molar-refractivity contribution in [3.63, 3.8) is 0 Å². The van der Waals surface area contributed by atoms with Gasteiger partial charge in [0.25, 0.3) is 0 Å². The maximum absolute atomic E-state index is 12.7. The highest BCUT2D eigenvalue weighted by atomic mass is 32.2. The van der Waals surface area contributed by atoms with Crippen molar-refractivity contribution < 1.29 is 26.7 Å². The van der Waals surface area contributed by atoms with Gasteiger partial charge in [0.2, 0.25) is 0 Å². The summed E-state index contributed by atoms with van der Waals surface area (Å²) in [5.74, 6) is 5.92. The third-order valence-corrected chi connectivity index (χ3v) is 3.44. The number of alkyl halides is 5. The van der Waals surface area contributed by atoms with E-state index in [1.165, 1.54) is 28.9 Å². The third-order valence-electron chi connectivity index (χ3n) is 2.47. The van der Waals surface area contributed by atoms with Crippen molar-refractivity contribution >= 4 is 22.6 Å². The van der Waals surface area contributed by atoms with Gasteiger partial charge in [-0.1, -0.05) is 11.8 Å². The van der Waals surface area contributed by atoms with Gasteiger partial charge in [-0.25, -0.2) is 5.84 Å². The molecular weight excluding hydrogens is 317 g/mol. The van der Waals surface area contributed by atoms with Crippen LogP contribution in [0.3, 0.4) is 0 Å². The number of aliphatic imine (C=N–C) groups is 1. The minimum atomic E-state index is -5.78. The lowest BCUT2D eigenvalue weighted by atomic mass is 10.3. The molecule has 2 rings (SSSR count). The molecule has 0 bridgehead atoms. The first kappa shape index (κ1) is 15.8. The molecule has 0 aromatic heterocycles. The number of hydrogen-bond acceptors (Lipinski definition) is 5. The Morgan fingerprint density at radius 2 is 1.76 bits per heavy atom. The molecule has 0 radical (unpaired) electrons. The van der Waals surface area contributed by atoms with Crippen LogP contribution in [0.4, 0.5) is 27.6 Å². The Morgan fingerprint density at radius 1 is 1.14 bits per heavy atom. The van der Waals surface area contributed by atoms with Gasteiger partial charge in [0, 0.05) is 5.75 Å². The van der Waals surface area contributed by atoms with Gasteiger partial charge in [-0.2, -0.15) is 22.0 Å². The van der Waals surface area contributed by atoms with Gasteiger partial charge in [-0.05, 0) is 24.3 Å². The second-order valence-corrected chi connectivity index (χ2v) is 5.06. The van der Waals surface area contributed by atoms with E-state index < -0.39 is 18.0 Å². The number of hydrogen-bond donors (Lipinski definition) is 1. The average Bonchev–Trinajstić information content (AvgIpc) is 2.91. The summed E-state index contributed by atoms with van der Waals surface area (Å²) in [7, 11) is 0. The molecule has 21 heavy (non-hydrogen) atoms. The molecule has 2 N–H and O–H groups in total. The van der Waals surface area contributed by atoms with E-state index in [9.17, 15) is 22.0 Å². The van der Waals surface area contributed by atoms with Crippen LogP contribution in [0.1, 0.15) is 0 Å². The molecule has 0 saturated carbocycles. The number of nitrogens with zero attached hydrogens (tertiary/aromatic N) is 2. The van der Waals surface area contributed by atoms with Crippen LogP contribution in [-0.4, -0.2) is 29.8 Å². The normalized spacial score (nSPS) is 15.8. The Balaban J connectivity index is 2.09. The van der Waals surface area contributed by atoms with E-state index in [0.29, 0.717) is 17.4 Å². The lowest BCUT2D eigenvalue weighted by Crippen LogP contribution is -2.41. The first-order valence-electron chi connectivity index (χ1n) is 5.66. The number of hydrazine groups is 1. The number of amidine groups is 1. The molecule has 1 heterocycles. The molecule has 0 amide bonds. The van der Waals surface area contributed by atoms with E-state index >= 15 is 0 Å². The fourth-order valence-corrected chi connectivity index (χ4v) is 2.25. The molecule has 116 valence electrons. The van der Waals surface area contributed by atoms with E-state index in [4.69, 9.17) is 5.84 Å². The van der Waals surface area contributed by atoms with Crippen LogP contribution in [0.25, 0.3) is 0 Å². The highest BCUT2D eigenvalue weighted by Crippen LogP contribution is 2.37. The second kappa shape index (κ2) is 5.68. The molecular formula is C11H10F5N3OS. The van der Waals surface area contributed by atoms with Crippen LogP contribution in [0.5, 0.6) is 5.75 Å². The zero-order valence-electron chi connectivity index (χ0n) is 10.4. The van der Waals surface area contributed by atoms with Crippen LogP contribution < -0.4 is 15.6 Å². The molecule has 1 aromatic carbocycles. The van der Waals surface area contributed by atoms with Crippen LogP contribution in [0.15, 0.2) is 29.3 Å². The number of rotatable bonds is 3. The van der Waals surface area contributed by atoms with E-state index in [1.54, 1.807) is 0 Å². The molecule has 1 aliphatic rings. The molecule has 0 unspecified atom stereocenters. The van der Waals surface area contributed by atoms with Crippen molar-refractivity contribution in [1.82, 2.24) is 0 Å². The zero-order chi connectivity index (χ0) is 15.7. The number of benzene rings is 1. The highest BCUT2D eigenvalue weighted by Gasteiger charge is 2.61. The number of thioether (sulfide) groups is 1. The summed E-state index contributed by atoms with van der Waals surface area (Å²) in [6.07, 6.45) is -11.0. The van der Waals surface area contributed by atoms with Gasteiger partial charge in [-0.15, -0.1) is 0 Å². The summed E-state index contributed by atoms with van der Waals surface area (Å²) in [4.78, 5) is 4.11. The van der Waals surface area contributed by atoms with Crippen molar-refractivity contribution in [2.24, 2.45) is 10.8 Å². The minimum Gasteiger partial charge on any atom is -0.426 e. The Bertz CT molecular complexity index is 532. The van der Waals surface area contributed by atoms with Crippen molar-refractivity contribution in [2.45, 2.75) is 12.3 Å². The lowest BCUT2D eigenvalue weighted by molar-refractivity contribution is -0.360. The Labute approximate surface area is 120 Å². The number of anilines is 1. The third kappa shape index (κ3) is 3.56. The van der Waals surface area contributed by atoms with Crippen LogP contribution in [0.2, 0.25) is 0 Å². The molecule has 1 aromatic rings. The maximum Gasteiger partial charge on any atom is 0.499 e. The van der Waals surface area contributed by atoms with Gasteiger partial charge >= 0.3 is 12.3 Å². The maximum atomic E-state index is 12.7. The fraction of sp³-hybridized carbons (Fsp3) is 0.364. The Hall–Kier alpha value is -1.55. The van der Waals surface area contributed by atoms with E-state index in [1.807, 2.05) is 0 Å². The fourth-order valence-electron chi connectivity index (χ4n) is 1.46. The minimum absolute atomic E-state index is 0.394. The van der Waals surface area contributed by atoms with Gasteiger partial charge in [0.05, 0.1) is 12.2 Å². The first-order chi connectivity index (χ1) is 9.71. The SMILES string of the molecule is NN(C1=NCCS1)c1ccc(OC(F)(F)C(F)(F)F)cc1. The predicted octanol–water partition coefficient (Wildman–Crippen LogP) is 3.00. The number of nitrogens with two attached hydrogens (primary N) is 1.